The number of nitrogens with zero attached hydrogens (tertiary/aromatic N) is 4. The number of hydrogen-bond donors (Lipinski definition) is 4. The first kappa shape index (κ1) is 40.4. The molecule has 5 atom stereocenters. The van der Waals surface area contributed by atoms with Crippen LogP contribution in [-0.2, 0) is 19.1 Å². The van der Waals surface area contributed by atoms with Crippen LogP contribution in [0.1, 0.15) is 67.2 Å². The Hall–Kier alpha value is -4.80. The van der Waals surface area contributed by atoms with E-state index < -0.39 is 41.9 Å². The average Bonchev–Trinajstić information content (AvgIpc) is 3.75. The van der Waals surface area contributed by atoms with Crippen LogP contribution in [-0.4, -0.2) is 102 Å². The van der Waals surface area contributed by atoms with Crippen molar-refractivity contribution in [2.45, 2.75) is 96.9 Å². The Balaban J connectivity index is 2.39. The number of methoxy groups -OCH3 is 2. The summed E-state index contributed by atoms with van der Waals surface area (Å²) in [6.07, 6.45) is 8.01. The van der Waals surface area contributed by atoms with E-state index in [0.29, 0.717) is 38.0 Å². The first-order chi connectivity index (χ1) is 23.1. The van der Waals surface area contributed by atoms with Crippen LogP contribution in [0.2, 0.25) is 0 Å². The number of carbonyl (C=O) groups is 4. The standard InChI is InChI=1S/C35H54N8O6/c1-10-14-24(38-29(36)25-15-12-20-42(25)31(44)27(22(3)4)39-33(46)48-8)17-19-35(7,18-11-2)41-30(37)26-16-13-21-43(26)32(45)28(23(5)6)40-34(47)49-9/h10-11,14,18,22-23,25-28H,1,12-13,15-16,20-21H2,2-9H3,(H2,36,38)(H2,37,41)(H,39,46)(H,40,47)/b18-11-,24-14-/t25-,26-,27-,28-,35?/m0/s1. The fourth-order valence-electron chi connectivity index (χ4n) is 5.83. The molecule has 0 aromatic heterocycles. The fourth-order valence-corrected chi connectivity index (χ4v) is 5.83. The summed E-state index contributed by atoms with van der Waals surface area (Å²) in [6.45, 7) is 15.7. The van der Waals surface area contributed by atoms with Crippen LogP contribution in [0.3, 0.4) is 0 Å². The Labute approximate surface area is 290 Å². The summed E-state index contributed by atoms with van der Waals surface area (Å²) < 4.78 is 9.44. The minimum Gasteiger partial charge on any atom is -0.453 e. The van der Waals surface area contributed by atoms with E-state index in [4.69, 9.17) is 25.9 Å². The van der Waals surface area contributed by atoms with Gasteiger partial charge in [0.05, 0.1) is 26.3 Å². The molecule has 0 aliphatic carbocycles. The van der Waals surface area contributed by atoms with Crippen molar-refractivity contribution in [3.63, 3.8) is 0 Å². The summed E-state index contributed by atoms with van der Waals surface area (Å²) in [7, 11) is 2.49. The van der Waals surface area contributed by atoms with Crippen molar-refractivity contribution in [3.8, 4) is 11.8 Å². The number of amidine groups is 2. The fraction of sp³-hybridized carbons (Fsp3) is 0.600. The zero-order chi connectivity index (χ0) is 36.9. The van der Waals surface area contributed by atoms with E-state index in [-0.39, 0.29) is 35.3 Å². The SMILES string of the molecule is C=C/C=C(/C#CC(C)(/C=C\C)N=C(N)[C@@H]1CCCN1C(=O)[C@@H](NC(=O)OC)C(C)C)N=C(N)[C@@H]1CCCN1C(=O)[C@@H](NC(=O)OC)C(C)C. The van der Waals surface area contributed by atoms with E-state index in [1.165, 1.54) is 20.3 Å². The van der Waals surface area contributed by atoms with Crippen molar-refractivity contribution in [2.75, 3.05) is 27.3 Å². The molecule has 1 unspecified atom stereocenters. The summed E-state index contributed by atoms with van der Waals surface area (Å²) in [4.78, 5) is 63.6. The minimum atomic E-state index is -1.10. The monoisotopic (exact) mass is 682 g/mol. The lowest BCUT2D eigenvalue weighted by Gasteiger charge is -2.31. The third-order valence-electron chi connectivity index (χ3n) is 8.36. The Kier molecular flexibility index (Phi) is 15.4. The second kappa shape index (κ2) is 18.7. The van der Waals surface area contributed by atoms with Gasteiger partial charge < -0.3 is 41.4 Å². The van der Waals surface area contributed by atoms with E-state index in [0.717, 1.165) is 6.42 Å². The van der Waals surface area contributed by atoms with Crippen LogP contribution < -0.4 is 22.1 Å². The molecule has 0 aromatic carbocycles. The summed E-state index contributed by atoms with van der Waals surface area (Å²) in [6, 6.07) is -2.55. The number of rotatable bonds is 12. The molecule has 0 saturated carbocycles. The van der Waals surface area contributed by atoms with Crippen LogP contribution >= 0.6 is 0 Å². The molecule has 0 radical (unpaired) electrons. The van der Waals surface area contributed by atoms with E-state index in [1.807, 2.05) is 40.7 Å². The predicted molar refractivity (Wildman–Crippen MR) is 190 cm³/mol. The summed E-state index contributed by atoms with van der Waals surface area (Å²) in [5, 5.41) is 5.26. The molecular weight excluding hydrogens is 628 g/mol. The lowest BCUT2D eigenvalue weighted by molar-refractivity contribution is -0.135. The predicted octanol–water partition coefficient (Wildman–Crippen LogP) is 2.85. The number of likely N-dealkylation sites (tertiary alicyclic amines) is 2. The van der Waals surface area contributed by atoms with Crippen molar-refractivity contribution >= 4 is 35.7 Å². The quantitative estimate of drug-likeness (QED) is 0.0793. The van der Waals surface area contributed by atoms with Crippen molar-refractivity contribution in [1.82, 2.24) is 20.4 Å². The van der Waals surface area contributed by atoms with Crippen LogP contribution in [0, 0.1) is 23.7 Å². The number of amides is 4. The molecule has 6 N–H and O–H groups in total. The highest BCUT2D eigenvalue weighted by atomic mass is 16.5. The number of alkyl carbamates (subject to hydrolysis) is 2. The summed E-state index contributed by atoms with van der Waals surface area (Å²) >= 11 is 0. The van der Waals surface area contributed by atoms with E-state index >= 15 is 0 Å². The van der Waals surface area contributed by atoms with Gasteiger partial charge in [-0.15, -0.1) is 0 Å². The van der Waals surface area contributed by atoms with Crippen LogP contribution in [0.4, 0.5) is 9.59 Å². The number of nitrogens with one attached hydrogen (secondary N) is 2. The minimum absolute atomic E-state index is 0.184. The largest absolute Gasteiger partial charge is 0.453 e. The molecule has 14 nitrogen and oxygen atoms in total. The Morgan fingerprint density at radius 3 is 1.78 bits per heavy atom. The smallest absolute Gasteiger partial charge is 0.407 e. The van der Waals surface area contributed by atoms with Gasteiger partial charge in [0.2, 0.25) is 11.8 Å². The molecule has 2 saturated heterocycles. The molecule has 2 aliphatic rings. The van der Waals surface area contributed by atoms with Gasteiger partial charge in [-0.3, -0.25) is 9.59 Å². The van der Waals surface area contributed by atoms with Gasteiger partial charge in [0.25, 0.3) is 0 Å². The molecule has 2 fully saturated rings. The first-order valence-corrected chi connectivity index (χ1v) is 16.6. The maximum Gasteiger partial charge on any atom is 0.407 e. The maximum atomic E-state index is 13.6. The number of ether oxygens (including phenoxy) is 2. The number of nitrogens with two attached hydrogens (primary N) is 2. The number of hydrogen-bond acceptors (Lipinski definition) is 8. The van der Waals surface area contributed by atoms with Gasteiger partial charge in [0, 0.05) is 13.1 Å². The van der Waals surface area contributed by atoms with Crippen LogP contribution in [0.5, 0.6) is 0 Å². The molecule has 0 aromatic rings. The third-order valence-corrected chi connectivity index (χ3v) is 8.36. The second-order valence-electron chi connectivity index (χ2n) is 12.9. The van der Waals surface area contributed by atoms with Gasteiger partial charge >= 0.3 is 12.2 Å². The summed E-state index contributed by atoms with van der Waals surface area (Å²) in [5.41, 5.74) is 12.3. The van der Waals surface area contributed by atoms with Gasteiger partial charge in [-0.1, -0.05) is 52.3 Å². The van der Waals surface area contributed by atoms with Crippen molar-refractivity contribution < 1.29 is 28.7 Å². The first-order valence-electron chi connectivity index (χ1n) is 16.6. The lowest BCUT2D eigenvalue weighted by Crippen LogP contribution is -2.55. The van der Waals surface area contributed by atoms with Gasteiger partial charge in [-0.2, -0.15) is 0 Å². The van der Waals surface area contributed by atoms with E-state index in [2.05, 4.69) is 34.0 Å². The van der Waals surface area contributed by atoms with Crippen molar-refractivity contribution in [1.29, 1.82) is 0 Å². The van der Waals surface area contributed by atoms with Crippen LogP contribution in [0.15, 0.2) is 46.6 Å². The highest BCUT2D eigenvalue weighted by Crippen LogP contribution is 2.24. The summed E-state index contributed by atoms with van der Waals surface area (Å²) in [5.74, 6) is 5.72. The van der Waals surface area contributed by atoms with Gasteiger partial charge in [-0.05, 0) is 69.4 Å². The number of carbonyl (C=O) groups excluding carboxylic acids is 4. The number of allylic oxidation sites excluding steroid dienone is 4. The molecule has 49 heavy (non-hydrogen) atoms. The van der Waals surface area contributed by atoms with Crippen LogP contribution in [0.25, 0.3) is 0 Å². The van der Waals surface area contributed by atoms with E-state index in [9.17, 15) is 19.2 Å². The molecule has 14 heteroatoms. The third kappa shape index (κ3) is 11.1. The second-order valence-corrected chi connectivity index (χ2v) is 12.9. The zero-order valence-electron chi connectivity index (χ0n) is 30.1. The highest BCUT2D eigenvalue weighted by molar-refractivity contribution is 5.95. The lowest BCUT2D eigenvalue weighted by atomic mass is 10.0. The normalized spacial score (nSPS) is 21.1. The Bertz CT molecular complexity index is 1410. The molecule has 2 aliphatic heterocycles. The molecule has 2 heterocycles. The topological polar surface area (TPSA) is 194 Å². The average molecular weight is 683 g/mol. The molecule has 270 valence electrons. The molecule has 2 rings (SSSR count). The van der Waals surface area contributed by atoms with E-state index in [1.54, 1.807) is 28.9 Å². The molecular formula is C35H54N8O6. The van der Waals surface area contributed by atoms with Crippen molar-refractivity contribution in [3.05, 3.63) is 36.6 Å². The van der Waals surface area contributed by atoms with Gasteiger partial charge in [-0.25, -0.2) is 19.6 Å². The Morgan fingerprint density at radius 2 is 1.37 bits per heavy atom. The van der Waals surface area contributed by atoms with Crippen molar-refractivity contribution in [2.24, 2.45) is 33.3 Å². The maximum absolute atomic E-state index is 13.6. The molecule has 4 amide bonds. The Morgan fingerprint density at radius 1 is 0.898 bits per heavy atom. The van der Waals surface area contributed by atoms with Gasteiger partial charge in [0.15, 0.2) is 0 Å². The zero-order valence-corrected chi connectivity index (χ0v) is 30.1. The molecule has 0 bridgehead atoms. The number of aliphatic imine (C=N–C) groups is 2. The highest BCUT2D eigenvalue weighted by Gasteiger charge is 2.39. The molecule has 0 spiro atoms. The van der Waals surface area contributed by atoms with Gasteiger partial charge in [0.1, 0.15) is 35.0 Å².